The minimum atomic E-state index is 0.575. The highest BCUT2D eigenvalue weighted by Crippen LogP contribution is 2.40. The zero-order valence-corrected chi connectivity index (χ0v) is 9.48. The van der Waals surface area contributed by atoms with Crippen LogP contribution in [0, 0.1) is 5.41 Å². The van der Waals surface area contributed by atoms with Crippen LogP contribution in [0.3, 0.4) is 0 Å². The number of nitrogens with zero attached hydrogens (tertiary/aromatic N) is 1. The lowest BCUT2D eigenvalue weighted by Crippen LogP contribution is -2.69. The van der Waals surface area contributed by atoms with Crippen molar-refractivity contribution in [3.8, 4) is 0 Å². The van der Waals surface area contributed by atoms with Crippen molar-refractivity contribution in [2.45, 2.75) is 11.3 Å². The second-order valence-corrected chi connectivity index (χ2v) is 5.97. The molecule has 0 aromatic carbocycles. The standard InChI is InChI=1S/C10H18N2OS/c1-14-9-3-11-2-8(9)12-4-10(5-12)6-13-7-10/h8-9,11H,2-7H2,1H3. The molecule has 4 heteroatoms. The van der Waals surface area contributed by atoms with Gasteiger partial charge in [0.25, 0.3) is 0 Å². The van der Waals surface area contributed by atoms with Crippen molar-refractivity contribution in [3.63, 3.8) is 0 Å². The summed E-state index contributed by atoms with van der Waals surface area (Å²) in [6.45, 7) is 6.93. The SMILES string of the molecule is CSC1CNCC1N1CC2(COC2)C1. The van der Waals surface area contributed by atoms with Crippen LogP contribution < -0.4 is 5.32 Å². The van der Waals surface area contributed by atoms with E-state index in [0.717, 1.165) is 24.5 Å². The molecule has 0 aromatic heterocycles. The highest BCUT2D eigenvalue weighted by atomic mass is 32.2. The van der Waals surface area contributed by atoms with Gasteiger partial charge in [-0.3, -0.25) is 4.90 Å². The fourth-order valence-corrected chi connectivity index (χ4v) is 3.74. The van der Waals surface area contributed by atoms with E-state index >= 15 is 0 Å². The molecule has 3 saturated heterocycles. The molecule has 3 aliphatic heterocycles. The minimum Gasteiger partial charge on any atom is -0.380 e. The summed E-state index contributed by atoms with van der Waals surface area (Å²) in [5.74, 6) is 0. The quantitative estimate of drug-likeness (QED) is 0.700. The van der Waals surface area contributed by atoms with Crippen LogP contribution in [-0.4, -0.2) is 61.8 Å². The smallest absolute Gasteiger partial charge is 0.0569 e. The first kappa shape index (κ1) is 9.46. The molecule has 1 N–H and O–H groups in total. The summed E-state index contributed by atoms with van der Waals surface area (Å²) in [5.41, 5.74) is 0.575. The van der Waals surface area contributed by atoms with Crippen LogP contribution in [0.4, 0.5) is 0 Å². The van der Waals surface area contributed by atoms with Gasteiger partial charge in [0.2, 0.25) is 0 Å². The van der Waals surface area contributed by atoms with Gasteiger partial charge in [0.1, 0.15) is 0 Å². The normalized spacial score (nSPS) is 40.9. The van der Waals surface area contributed by atoms with E-state index in [1.165, 1.54) is 26.2 Å². The average Bonchev–Trinajstić information content (AvgIpc) is 2.47. The Balaban J connectivity index is 1.57. The van der Waals surface area contributed by atoms with Crippen LogP contribution in [0.1, 0.15) is 0 Å². The molecule has 2 unspecified atom stereocenters. The topological polar surface area (TPSA) is 24.5 Å². The zero-order valence-electron chi connectivity index (χ0n) is 8.66. The highest BCUT2D eigenvalue weighted by Gasteiger charge is 2.52. The molecule has 3 rings (SSSR count). The van der Waals surface area contributed by atoms with Crippen molar-refractivity contribution in [2.24, 2.45) is 5.41 Å². The molecule has 0 bridgehead atoms. The molecule has 0 aromatic rings. The fraction of sp³-hybridized carbons (Fsp3) is 1.00. The van der Waals surface area contributed by atoms with E-state index in [0.29, 0.717) is 5.41 Å². The van der Waals surface area contributed by atoms with Gasteiger partial charge < -0.3 is 10.1 Å². The van der Waals surface area contributed by atoms with Crippen LogP contribution >= 0.6 is 11.8 Å². The number of rotatable bonds is 2. The Kier molecular flexibility index (Phi) is 2.28. The molecule has 3 aliphatic rings. The first-order valence-electron chi connectivity index (χ1n) is 5.38. The molecule has 0 aliphatic carbocycles. The van der Waals surface area contributed by atoms with Gasteiger partial charge in [0, 0.05) is 42.9 Å². The van der Waals surface area contributed by atoms with Crippen molar-refractivity contribution in [2.75, 3.05) is 45.6 Å². The molecule has 2 atom stereocenters. The first-order chi connectivity index (χ1) is 6.83. The number of nitrogens with one attached hydrogen (secondary N) is 1. The van der Waals surface area contributed by atoms with Crippen LogP contribution in [0.15, 0.2) is 0 Å². The molecule has 3 fully saturated rings. The van der Waals surface area contributed by atoms with Crippen LogP contribution in [0.2, 0.25) is 0 Å². The monoisotopic (exact) mass is 214 g/mol. The third-order valence-corrected chi connectivity index (χ3v) is 4.88. The van der Waals surface area contributed by atoms with Crippen molar-refractivity contribution < 1.29 is 4.74 Å². The maximum atomic E-state index is 5.30. The number of hydrogen-bond donors (Lipinski definition) is 1. The third-order valence-electron chi connectivity index (χ3n) is 3.79. The summed E-state index contributed by atoms with van der Waals surface area (Å²) in [4.78, 5) is 2.64. The van der Waals surface area contributed by atoms with E-state index in [1.54, 1.807) is 0 Å². The Bertz CT molecular complexity index is 224. The lowest BCUT2D eigenvalue weighted by Gasteiger charge is -2.57. The summed E-state index contributed by atoms with van der Waals surface area (Å²) in [7, 11) is 0. The van der Waals surface area contributed by atoms with Crippen molar-refractivity contribution in [1.82, 2.24) is 10.2 Å². The summed E-state index contributed by atoms with van der Waals surface area (Å²) in [6.07, 6.45) is 2.23. The summed E-state index contributed by atoms with van der Waals surface area (Å²) in [6, 6.07) is 0.774. The number of hydrogen-bond acceptors (Lipinski definition) is 4. The van der Waals surface area contributed by atoms with Gasteiger partial charge in [-0.15, -0.1) is 0 Å². The molecule has 80 valence electrons. The maximum absolute atomic E-state index is 5.30. The molecule has 0 saturated carbocycles. The highest BCUT2D eigenvalue weighted by molar-refractivity contribution is 7.99. The van der Waals surface area contributed by atoms with Crippen molar-refractivity contribution >= 4 is 11.8 Å². The Morgan fingerprint density at radius 2 is 2.14 bits per heavy atom. The van der Waals surface area contributed by atoms with Gasteiger partial charge in [0.15, 0.2) is 0 Å². The van der Waals surface area contributed by atoms with E-state index in [4.69, 9.17) is 4.74 Å². The van der Waals surface area contributed by atoms with E-state index in [2.05, 4.69) is 16.5 Å². The molecular weight excluding hydrogens is 196 g/mol. The van der Waals surface area contributed by atoms with Gasteiger partial charge in [-0.1, -0.05) is 0 Å². The van der Waals surface area contributed by atoms with E-state index in [1.807, 2.05) is 11.8 Å². The first-order valence-corrected chi connectivity index (χ1v) is 6.67. The zero-order chi connectivity index (χ0) is 9.60. The molecule has 3 heterocycles. The van der Waals surface area contributed by atoms with Gasteiger partial charge in [-0.2, -0.15) is 11.8 Å². The molecular formula is C10H18N2OS. The molecule has 14 heavy (non-hydrogen) atoms. The van der Waals surface area contributed by atoms with Crippen LogP contribution in [-0.2, 0) is 4.74 Å². The summed E-state index contributed by atoms with van der Waals surface area (Å²) < 4.78 is 5.30. The van der Waals surface area contributed by atoms with E-state index < -0.39 is 0 Å². The van der Waals surface area contributed by atoms with E-state index in [-0.39, 0.29) is 0 Å². The van der Waals surface area contributed by atoms with Gasteiger partial charge in [0.05, 0.1) is 13.2 Å². The summed E-state index contributed by atoms with van der Waals surface area (Å²) in [5, 5.41) is 4.29. The lowest BCUT2D eigenvalue weighted by molar-refractivity contribution is -0.196. The van der Waals surface area contributed by atoms with Gasteiger partial charge >= 0.3 is 0 Å². The number of thioether (sulfide) groups is 1. The van der Waals surface area contributed by atoms with Gasteiger partial charge in [-0.05, 0) is 6.26 Å². The Morgan fingerprint density at radius 1 is 1.36 bits per heavy atom. The number of likely N-dealkylation sites (tertiary alicyclic amines) is 1. The van der Waals surface area contributed by atoms with Crippen LogP contribution in [0.5, 0.6) is 0 Å². The second-order valence-electron chi connectivity index (χ2n) is 4.90. The Hall–Kier alpha value is 0.230. The Morgan fingerprint density at radius 3 is 2.71 bits per heavy atom. The summed E-state index contributed by atoms with van der Waals surface area (Å²) >= 11 is 2.01. The van der Waals surface area contributed by atoms with Crippen molar-refractivity contribution in [3.05, 3.63) is 0 Å². The Labute approximate surface area is 89.6 Å². The van der Waals surface area contributed by atoms with E-state index in [9.17, 15) is 0 Å². The predicted octanol–water partition coefficient (Wildman–Crippen LogP) is 0.0220. The fourth-order valence-electron chi connectivity index (χ4n) is 2.87. The van der Waals surface area contributed by atoms with Crippen molar-refractivity contribution in [1.29, 1.82) is 0 Å². The van der Waals surface area contributed by atoms with Gasteiger partial charge in [-0.25, -0.2) is 0 Å². The predicted molar refractivity (Wildman–Crippen MR) is 58.8 cm³/mol. The van der Waals surface area contributed by atoms with Crippen LogP contribution in [0.25, 0.3) is 0 Å². The molecule has 1 spiro atoms. The average molecular weight is 214 g/mol. The maximum Gasteiger partial charge on any atom is 0.0569 e. The second kappa shape index (κ2) is 3.37. The molecule has 0 radical (unpaired) electrons. The lowest BCUT2D eigenvalue weighted by atomic mass is 9.77. The minimum absolute atomic E-state index is 0.575. The number of ether oxygens (including phenoxy) is 1. The molecule has 3 nitrogen and oxygen atoms in total. The largest absolute Gasteiger partial charge is 0.380 e. The molecule has 0 amide bonds. The third kappa shape index (κ3) is 1.32.